The summed E-state index contributed by atoms with van der Waals surface area (Å²) in [7, 11) is 1.70. The van der Waals surface area contributed by atoms with Gasteiger partial charge in [-0.3, -0.25) is 9.48 Å². The first-order chi connectivity index (χ1) is 11.2. The van der Waals surface area contributed by atoms with Crippen molar-refractivity contribution in [3.63, 3.8) is 0 Å². The van der Waals surface area contributed by atoms with E-state index in [0.717, 1.165) is 36.5 Å². The van der Waals surface area contributed by atoms with Crippen molar-refractivity contribution >= 4 is 11.7 Å². The van der Waals surface area contributed by atoms with Gasteiger partial charge in [-0.1, -0.05) is 12.1 Å². The van der Waals surface area contributed by atoms with Crippen molar-refractivity contribution in [3.8, 4) is 0 Å². The van der Waals surface area contributed by atoms with Crippen LogP contribution in [-0.4, -0.2) is 34.6 Å². The fourth-order valence-electron chi connectivity index (χ4n) is 2.35. The van der Waals surface area contributed by atoms with Crippen LogP contribution in [0.1, 0.15) is 24.1 Å². The SMILES string of the molecule is COCCCn1nccc1CNc1cccc(CCC(=O)O)c1. The molecule has 0 aliphatic rings. The quantitative estimate of drug-likeness (QED) is 0.659. The fraction of sp³-hybridized carbons (Fsp3) is 0.412. The summed E-state index contributed by atoms with van der Waals surface area (Å²) in [5.41, 5.74) is 3.11. The van der Waals surface area contributed by atoms with E-state index in [4.69, 9.17) is 9.84 Å². The van der Waals surface area contributed by atoms with Crippen LogP contribution in [0.15, 0.2) is 36.5 Å². The molecule has 1 heterocycles. The van der Waals surface area contributed by atoms with Crippen LogP contribution < -0.4 is 5.32 Å². The van der Waals surface area contributed by atoms with Gasteiger partial charge in [-0.2, -0.15) is 5.10 Å². The molecular formula is C17H23N3O3. The first-order valence-electron chi connectivity index (χ1n) is 7.73. The standard InChI is InChI=1S/C17H23N3O3/c1-23-11-3-10-20-16(8-9-19-20)13-18-15-5-2-4-14(12-15)6-7-17(21)22/h2,4-5,8-9,12,18H,3,6-7,10-11,13H2,1H3,(H,21,22). The predicted octanol–water partition coefficient (Wildman–Crippen LogP) is 2.55. The zero-order chi connectivity index (χ0) is 16.5. The minimum absolute atomic E-state index is 0.149. The van der Waals surface area contributed by atoms with E-state index >= 15 is 0 Å². The number of aromatic nitrogens is 2. The lowest BCUT2D eigenvalue weighted by Gasteiger charge is -2.10. The molecule has 0 aliphatic carbocycles. The Kier molecular flexibility index (Phi) is 6.62. The van der Waals surface area contributed by atoms with E-state index in [1.54, 1.807) is 13.3 Å². The van der Waals surface area contributed by atoms with E-state index in [1.807, 2.05) is 35.0 Å². The summed E-state index contributed by atoms with van der Waals surface area (Å²) in [6, 6.07) is 9.86. The van der Waals surface area contributed by atoms with Crippen LogP contribution >= 0.6 is 0 Å². The number of rotatable bonds is 10. The van der Waals surface area contributed by atoms with Crippen LogP contribution in [0.2, 0.25) is 0 Å². The lowest BCUT2D eigenvalue weighted by molar-refractivity contribution is -0.136. The van der Waals surface area contributed by atoms with Gasteiger partial charge in [0.15, 0.2) is 0 Å². The summed E-state index contributed by atoms with van der Waals surface area (Å²) in [4.78, 5) is 10.7. The molecule has 0 saturated carbocycles. The number of ether oxygens (including phenoxy) is 1. The molecule has 2 N–H and O–H groups in total. The zero-order valence-electron chi connectivity index (χ0n) is 13.4. The van der Waals surface area contributed by atoms with Crippen LogP contribution in [0.3, 0.4) is 0 Å². The molecule has 0 radical (unpaired) electrons. The van der Waals surface area contributed by atoms with Gasteiger partial charge >= 0.3 is 5.97 Å². The Hall–Kier alpha value is -2.34. The van der Waals surface area contributed by atoms with Crippen molar-refractivity contribution in [2.45, 2.75) is 32.4 Å². The smallest absolute Gasteiger partial charge is 0.303 e. The number of benzene rings is 1. The molecule has 0 fully saturated rings. The monoisotopic (exact) mass is 317 g/mol. The molecule has 23 heavy (non-hydrogen) atoms. The second kappa shape index (κ2) is 8.95. The number of aryl methyl sites for hydroxylation is 2. The zero-order valence-corrected chi connectivity index (χ0v) is 13.4. The maximum Gasteiger partial charge on any atom is 0.303 e. The number of hydrogen-bond donors (Lipinski definition) is 2. The third kappa shape index (κ3) is 5.75. The number of anilines is 1. The molecule has 0 aliphatic heterocycles. The van der Waals surface area contributed by atoms with Crippen LogP contribution in [0, 0.1) is 0 Å². The Bertz CT molecular complexity index is 625. The second-order valence-electron chi connectivity index (χ2n) is 5.34. The highest BCUT2D eigenvalue weighted by Crippen LogP contribution is 2.14. The van der Waals surface area contributed by atoms with Crippen LogP contribution in [0.5, 0.6) is 0 Å². The Labute approximate surface area is 136 Å². The van der Waals surface area contributed by atoms with Crippen LogP contribution in [0.25, 0.3) is 0 Å². The molecule has 2 rings (SSSR count). The van der Waals surface area contributed by atoms with Crippen LogP contribution in [0.4, 0.5) is 5.69 Å². The first kappa shape index (κ1) is 17.0. The van der Waals surface area contributed by atoms with Gasteiger partial charge in [-0.05, 0) is 36.6 Å². The van der Waals surface area contributed by atoms with E-state index in [2.05, 4.69) is 10.4 Å². The third-order valence-corrected chi connectivity index (χ3v) is 3.55. The van der Waals surface area contributed by atoms with Crippen molar-refractivity contribution in [2.75, 3.05) is 19.0 Å². The molecule has 6 heteroatoms. The summed E-state index contributed by atoms with van der Waals surface area (Å²) in [6.07, 6.45) is 3.42. The van der Waals surface area contributed by atoms with E-state index in [1.165, 1.54) is 0 Å². The van der Waals surface area contributed by atoms with Gasteiger partial charge < -0.3 is 15.2 Å². The highest BCUT2D eigenvalue weighted by Gasteiger charge is 2.04. The number of carboxylic acids is 1. The molecule has 1 aromatic heterocycles. The minimum atomic E-state index is -0.775. The summed E-state index contributed by atoms with van der Waals surface area (Å²) in [5.74, 6) is -0.775. The van der Waals surface area contributed by atoms with E-state index in [-0.39, 0.29) is 6.42 Å². The summed E-state index contributed by atoms with van der Waals surface area (Å²) in [5, 5.41) is 16.4. The molecule has 1 aromatic carbocycles. The van der Waals surface area contributed by atoms with Gasteiger partial charge in [-0.25, -0.2) is 0 Å². The van der Waals surface area contributed by atoms with Crippen molar-refractivity contribution in [3.05, 3.63) is 47.8 Å². The Morgan fingerprint density at radius 3 is 3.04 bits per heavy atom. The van der Waals surface area contributed by atoms with E-state index < -0.39 is 5.97 Å². The van der Waals surface area contributed by atoms with E-state index in [0.29, 0.717) is 13.0 Å². The molecule has 124 valence electrons. The Morgan fingerprint density at radius 2 is 2.26 bits per heavy atom. The van der Waals surface area contributed by atoms with E-state index in [9.17, 15) is 4.79 Å². The molecule has 2 aromatic rings. The molecular weight excluding hydrogens is 294 g/mol. The lowest BCUT2D eigenvalue weighted by Crippen LogP contribution is -2.10. The highest BCUT2D eigenvalue weighted by molar-refractivity contribution is 5.67. The van der Waals surface area contributed by atoms with Gasteiger partial charge in [0.2, 0.25) is 0 Å². The molecule has 0 amide bonds. The number of carboxylic acid groups (broad SMARTS) is 1. The van der Waals surface area contributed by atoms with Crippen molar-refractivity contribution in [2.24, 2.45) is 0 Å². The minimum Gasteiger partial charge on any atom is -0.481 e. The number of hydrogen-bond acceptors (Lipinski definition) is 4. The van der Waals surface area contributed by atoms with Crippen LogP contribution in [-0.2, 0) is 29.0 Å². The highest BCUT2D eigenvalue weighted by atomic mass is 16.5. The largest absolute Gasteiger partial charge is 0.481 e. The number of aliphatic carboxylic acids is 1. The van der Waals surface area contributed by atoms with Crippen molar-refractivity contribution < 1.29 is 14.6 Å². The molecule has 0 spiro atoms. The van der Waals surface area contributed by atoms with Gasteiger partial charge in [0.25, 0.3) is 0 Å². The average Bonchev–Trinajstić information content (AvgIpc) is 2.99. The molecule has 0 atom stereocenters. The number of methoxy groups -OCH3 is 1. The molecule has 0 bridgehead atoms. The molecule has 0 unspecified atom stereocenters. The van der Waals surface area contributed by atoms with Gasteiger partial charge in [0.05, 0.1) is 12.2 Å². The fourth-order valence-corrected chi connectivity index (χ4v) is 2.35. The van der Waals surface area contributed by atoms with Gasteiger partial charge in [-0.15, -0.1) is 0 Å². The Balaban J connectivity index is 1.89. The summed E-state index contributed by atoms with van der Waals surface area (Å²) >= 11 is 0. The lowest BCUT2D eigenvalue weighted by atomic mass is 10.1. The first-order valence-corrected chi connectivity index (χ1v) is 7.73. The van der Waals surface area contributed by atoms with Gasteiger partial charge in [0, 0.05) is 38.6 Å². The maximum atomic E-state index is 10.7. The third-order valence-electron chi connectivity index (χ3n) is 3.55. The number of carbonyl (C=O) groups is 1. The summed E-state index contributed by atoms with van der Waals surface area (Å²) in [6.45, 7) is 2.23. The molecule has 0 saturated heterocycles. The van der Waals surface area contributed by atoms with Crippen molar-refractivity contribution in [1.82, 2.24) is 9.78 Å². The second-order valence-corrected chi connectivity index (χ2v) is 5.34. The number of nitrogens with zero attached hydrogens (tertiary/aromatic N) is 2. The van der Waals surface area contributed by atoms with Gasteiger partial charge in [0.1, 0.15) is 0 Å². The topological polar surface area (TPSA) is 76.4 Å². The average molecular weight is 317 g/mol. The maximum absolute atomic E-state index is 10.7. The normalized spacial score (nSPS) is 10.7. The Morgan fingerprint density at radius 1 is 1.39 bits per heavy atom. The number of nitrogens with one attached hydrogen (secondary N) is 1. The molecule has 6 nitrogen and oxygen atoms in total. The predicted molar refractivity (Wildman–Crippen MR) is 88.4 cm³/mol. The van der Waals surface area contributed by atoms with Crippen molar-refractivity contribution in [1.29, 1.82) is 0 Å². The summed E-state index contributed by atoms with van der Waals surface area (Å²) < 4.78 is 7.04.